The van der Waals surface area contributed by atoms with E-state index in [1.165, 1.54) is 16.7 Å². The lowest BCUT2D eigenvalue weighted by molar-refractivity contribution is -0.116. The van der Waals surface area contributed by atoms with E-state index >= 15 is 0 Å². The number of amides is 3. The largest absolute Gasteiger partial charge is 0.335 e. The average Bonchev–Trinajstić information content (AvgIpc) is 2.91. The van der Waals surface area contributed by atoms with Crippen LogP contribution in [0.1, 0.15) is 23.6 Å². The predicted octanol–water partition coefficient (Wildman–Crippen LogP) is 3.79. The maximum Gasteiger partial charge on any atom is 0.319 e. The van der Waals surface area contributed by atoms with Crippen LogP contribution in [0, 0.1) is 6.92 Å². The van der Waals surface area contributed by atoms with Gasteiger partial charge in [0.25, 0.3) is 0 Å². The highest BCUT2D eigenvalue weighted by atomic mass is 32.1. The molecule has 0 aliphatic heterocycles. The lowest BCUT2D eigenvalue weighted by atomic mass is 10.2. The van der Waals surface area contributed by atoms with Gasteiger partial charge in [-0.2, -0.15) is 0 Å². The quantitative estimate of drug-likeness (QED) is 0.866. The van der Waals surface area contributed by atoms with Crippen molar-refractivity contribution >= 4 is 34.6 Å². The van der Waals surface area contributed by atoms with Gasteiger partial charge in [0.1, 0.15) is 0 Å². The Balaban J connectivity index is 1.86. The van der Waals surface area contributed by atoms with Gasteiger partial charge < -0.3 is 15.5 Å². The highest BCUT2D eigenvalue weighted by Crippen LogP contribution is 2.18. The van der Waals surface area contributed by atoms with E-state index in [2.05, 4.69) is 29.7 Å². The molecule has 24 heavy (non-hydrogen) atoms. The first kappa shape index (κ1) is 18.0. The van der Waals surface area contributed by atoms with Crippen LogP contribution in [0.3, 0.4) is 0 Å². The van der Waals surface area contributed by atoms with Gasteiger partial charge in [-0.1, -0.05) is 0 Å². The van der Waals surface area contributed by atoms with Crippen molar-refractivity contribution in [3.8, 4) is 0 Å². The molecule has 0 radical (unpaired) electrons. The zero-order valence-corrected chi connectivity index (χ0v) is 15.2. The minimum absolute atomic E-state index is 0.0360. The number of rotatable bonds is 5. The maximum atomic E-state index is 12.1. The molecule has 1 heterocycles. The van der Waals surface area contributed by atoms with E-state index in [4.69, 9.17) is 0 Å². The molecule has 0 unspecified atom stereocenters. The number of nitrogens with one attached hydrogen (secondary N) is 2. The summed E-state index contributed by atoms with van der Waals surface area (Å²) in [5.41, 5.74) is 1.47. The molecule has 0 spiro atoms. The molecule has 2 N–H and O–H groups in total. The van der Waals surface area contributed by atoms with Gasteiger partial charge >= 0.3 is 6.03 Å². The number of urea groups is 1. The molecule has 128 valence electrons. The van der Waals surface area contributed by atoms with Crippen LogP contribution in [-0.4, -0.2) is 25.0 Å². The standard InChI is InChI=1S/C18H23N3O2S/c1-12(11-17-10-5-13(2)24-17)19-18(23)20-15-6-8-16(9-7-15)21(4)14(3)22/h5-10,12H,11H2,1-4H3,(H2,19,20,23)/t12-/m0/s1. The third-order valence-electron chi connectivity index (χ3n) is 3.67. The van der Waals surface area contributed by atoms with Gasteiger partial charge in [0.2, 0.25) is 5.91 Å². The molecule has 0 aliphatic rings. The van der Waals surface area contributed by atoms with E-state index in [0.29, 0.717) is 5.69 Å². The minimum Gasteiger partial charge on any atom is -0.335 e. The topological polar surface area (TPSA) is 61.4 Å². The van der Waals surface area contributed by atoms with Crippen molar-refractivity contribution in [2.75, 3.05) is 17.3 Å². The van der Waals surface area contributed by atoms with Crippen molar-refractivity contribution in [3.05, 3.63) is 46.2 Å². The number of benzene rings is 1. The summed E-state index contributed by atoms with van der Waals surface area (Å²) in [6.45, 7) is 5.57. The summed E-state index contributed by atoms with van der Waals surface area (Å²) in [4.78, 5) is 27.5. The molecule has 6 heteroatoms. The van der Waals surface area contributed by atoms with E-state index in [0.717, 1.165) is 12.1 Å². The molecule has 1 atom stereocenters. The Morgan fingerprint density at radius 3 is 2.38 bits per heavy atom. The summed E-state index contributed by atoms with van der Waals surface area (Å²) in [5.74, 6) is -0.0360. The van der Waals surface area contributed by atoms with Crippen LogP contribution in [0.4, 0.5) is 16.2 Å². The molecule has 0 bridgehead atoms. The molecule has 3 amide bonds. The zero-order chi connectivity index (χ0) is 17.7. The second kappa shape index (κ2) is 7.97. The van der Waals surface area contributed by atoms with Gasteiger partial charge in [0, 0.05) is 47.6 Å². The normalized spacial score (nSPS) is 11.7. The number of hydrogen-bond acceptors (Lipinski definition) is 3. The van der Waals surface area contributed by atoms with Crippen LogP contribution in [0.25, 0.3) is 0 Å². The molecule has 1 aromatic heterocycles. The zero-order valence-electron chi connectivity index (χ0n) is 14.4. The lowest BCUT2D eigenvalue weighted by Gasteiger charge is -2.16. The van der Waals surface area contributed by atoms with Crippen LogP contribution >= 0.6 is 11.3 Å². The summed E-state index contributed by atoms with van der Waals surface area (Å²) in [6.07, 6.45) is 0.814. The van der Waals surface area contributed by atoms with Crippen molar-refractivity contribution in [2.45, 2.75) is 33.2 Å². The number of anilines is 2. The monoisotopic (exact) mass is 345 g/mol. The maximum absolute atomic E-state index is 12.1. The molecule has 1 aromatic carbocycles. The SMILES string of the molecule is CC(=O)N(C)c1ccc(NC(=O)N[C@@H](C)Cc2ccc(C)s2)cc1. The van der Waals surface area contributed by atoms with Crippen LogP contribution < -0.4 is 15.5 Å². The fraction of sp³-hybridized carbons (Fsp3) is 0.333. The first-order valence-electron chi connectivity index (χ1n) is 7.82. The molecule has 0 saturated heterocycles. The van der Waals surface area contributed by atoms with Crippen LogP contribution in [-0.2, 0) is 11.2 Å². The molecular formula is C18H23N3O2S. The molecule has 0 fully saturated rings. The average molecular weight is 345 g/mol. The molecule has 2 rings (SSSR count). The number of carbonyl (C=O) groups excluding carboxylic acids is 2. The van der Waals surface area contributed by atoms with Gasteiger partial charge in [0.15, 0.2) is 0 Å². The molecule has 0 saturated carbocycles. The lowest BCUT2D eigenvalue weighted by Crippen LogP contribution is -2.37. The molecule has 5 nitrogen and oxygen atoms in total. The van der Waals surface area contributed by atoms with Gasteiger partial charge in [-0.25, -0.2) is 4.79 Å². The van der Waals surface area contributed by atoms with Crippen molar-refractivity contribution in [2.24, 2.45) is 0 Å². The number of nitrogens with zero attached hydrogens (tertiary/aromatic N) is 1. The summed E-state index contributed by atoms with van der Waals surface area (Å²) >= 11 is 1.75. The first-order valence-corrected chi connectivity index (χ1v) is 8.64. The van der Waals surface area contributed by atoms with Crippen molar-refractivity contribution in [3.63, 3.8) is 0 Å². The summed E-state index contributed by atoms with van der Waals surface area (Å²) in [6, 6.07) is 11.2. The third-order valence-corrected chi connectivity index (χ3v) is 4.69. The van der Waals surface area contributed by atoms with Crippen molar-refractivity contribution < 1.29 is 9.59 Å². The van der Waals surface area contributed by atoms with Gasteiger partial charge in [-0.05, 0) is 50.2 Å². The summed E-state index contributed by atoms with van der Waals surface area (Å²) in [5, 5.41) is 5.74. The fourth-order valence-corrected chi connectivity index (χ4v) is 3.31. The highest BCUT2D eigenvalue weighted by molar-refractivity contribution is 7.11. The highest BCUT2D eigenvalue weighted by Gasteiger charge is 2.10. The Bertz CT molecular complexity index is 709. The van der Waals surface area contributed by atoms with Gasteiger partial charge in [-0.15, -0.1) is 11.3 Å². The smallest absolute Gasteiger partial charge is 0.319 e. The van der Waals surface area contributed by atoms with E-state index in [1.807, 2.05) is 6.92 Å². The Morgan fingerprint density at radius 2 is 1.83 bits per heavy atom. The molecule has 0 aliphatic carbocycles. The number of thiophene rings is 1. The Morgan fingerprint density at radius 1 is 1.17 bits per heavy atom. The third kappa shape index (κ3) is 5.09. The van der Waals surface area contributed by atoms with E-state index in [9.17, 15) is 9.59 Å². The van der Waals surface area contributed by atoms with E-state index in [-0.39, 0.29) is 18.0 Å². The second-order valence-electron chi connectivity index (χ2n) is 5.84. The number of aryl methyl sites for hydroxylation is 1. The first-order chi connectivity index (χ1) is 11.3. The minimum atomic E-state index is -0.233. The van der Waals surface area contributed by atoms with Crippen molar-refractivity contribution in [1.82, 2.24) is 5.32 Å². The van der Waals surface area contributed by atoms with Crippen molar-refractivity contribution in [1.29, 1.82) is 0 Å². The van der Waals surface area contributed by atoms with Crippen LogP contribution in [0.2, 0.25) is 0 Å². The van der Waals surface area contributed by atoms with Gasteiger partial charge in [0.05, 0.1) is 0 Å². The van der Waals surface area contributed by atoms with Crippen LogP contribution in [0.5, 0.6) is 0 Å². The molecule has 2 aromatic rings. The Kier molecular flexibility index (Phi) is 5.98. The van der Waals surface area contributed by atoms with Crippen LogP contribution in [0.15, 0.2) is 36.4 Å². The molecular weight excluding hydrogens is 322 g/mol. The van der Waals surface area contributed by atoms with Gasteiger partial charge in [-0.3, -0.25) is 4.79 Å². The predicted molar refractivity (Wildman–Crippen MR) is 99.9 cm³/mol. The summed E-state index contributed by atoms with van der Waals surface area (Å²) < 4.78 is 0. The Hall–Kier alpha value is -2.34. The van der Waals surface area contributed by atoms with E-state index < -0.39 is 0 Å². The Labute approximate surface area is 146 Å². The second-order valence-corrected chi connectivity index (χ2v) is 7.21. The fourth-order valence-electron chi connectivity index (χ4n) is 2.29. The summed E-state index contributed by atoms with van der Waals surface area (Å²) in [7, 11) is 1.71. The van der Waals surface area contributed by atoms with E-state index in [1.54, 1.807) is 47.5 Å². The number of hydrogen-bond donors (Lipinski definition) is 2. The number of carbonyl (C=O) groups is 2.